The van der Waals surface area contributed by atoms with E-state index in [1.54, 1.807) is 6.92 Å². The average Bonchev–Trinajstić information content (AvgIpc) is 2.54. The molecule has 1 aromatic heterocycles. The Morgan fingerprint density at radius 2 is 2.08 bits per heavy atom. The normalized spacial score (nSPS) is 16.2. The number of hydrogen-bond acceptors (Lipinski definition) is 6. The molecule has 130 valence electrons. The number of H-pyrrole nitrogens is 1. The fraction of sp³-hybridized carbons (Fsp3) is 0.235. The number of aromatic amines is 1. The topological polar surface area (TPSA) is 93.0 Å². The summed E-state index contributed by atoms with van der Waals surface area (Å²) in [6.45, 7) is 3.89. The lowest BCUT2D eigenvalue weighted by Gasteiger charge is -2.30. The Balaban J connectivity index is 2.26. The second kappa shape index (κ2) is 6.97. The molecular weight excluding hydrogens is 404 g/mol. The second-order valence-electron chi connectivity index (χ2n) is 5.59. The lowest BCUT2D eigenvalue weighted by atomic mass is 9.82. The van der Waals surface area contributed by atoms with E-state index >= 15 is 0 Å². The van der Waals surface area contributed by atoms with Crippen LogP contribution in [-0.4, -0.2) is 22.5 Å². The number of nitrogens with one attached hydrogen (secondary N) is 2. The van der Waals surface area contributed by atoms with E-state index in [0.29, 0.717) is 35.1 Å². The number of fused-ring (bicyclic) bond motifs is 1. The Morgan fingerprint density at radius 3 is 2.72 bits per heavy atom. The standard InChI is InChI=1S/C17H17BrN4O2S/c1-3-24-16(23)11-8(2)20-15-13(14(19)21-17(25)22-15)12(11)9-4-6-10(18)7-5-9/h4-7,12H,3H2,1-2H3,(H4,19,20,21,22,25). The minimum absolute atomic E-state index is 0.283. The quantitative estimate of drug-likeness (QED) is 0.515. The summed E-state index contributed by atoms with van der Waals surface area (Å²) >= 11 is 8.55. The second-order valence-corrected chi connectivity index (χ2v) is 6.89. The fourth-order valence-corrected chi connectivity index (χ4v) is 3.43. The van der Waals surface area contributed by atoms with Crippen molar-refractivity contribution < 1.29 is 9.53 Å². The number of benzene rings is 1. The molecule has 0 saturated heterocycles. The predicted molar refractivity (Wildman–Crippen MR) is 103 cm³/mol. The Kier molecular flexibility index (Phi) is 4.91. The van der Waals surface area contributed by atoms with E-state index in [0.717, 1.165) is 10.0 Å². The predicted octanol–water partition coefficient (Wildman–Crippen LogP) is 3.88. The molecule has 0 radical (unpaired) electrons. The van der Waals surface area contributed by atoms with Gasteiger partial charge in [0, 0.05) is 15.7 Å². The Bertz CT molecular complexity index is 921. The first-order chi connectivity index (χ1) is 11.9. The van der Waals surface area contributed by atoms with Crippen LogP contribution in [0.15, 0.2) is 40.0 Å². The van der Waals surface area contributed by atoms with Crippen molar-refractivity contribution in [2.45, 2.75) is 19.8 Å². The summed E-state index contributed by atoms with van der Waals surface area (Å²) in [7, 11) is 0. The van der Waals surface area contributed by atoms with Gasteiger partial charge in [0.15, 0.2) is 4.77 Å². The molecule has 1 aliphatic rings. The zero-order valence-electron chi connectivity index (χ0n) is 13.7. The molecule has 2 heterocycles. The number of anilines is 2. The van der Waals surface area contributed by atoms with Crippen LogP contribution in [0.4, 0.5) is 11.6 Å². The molecule has 3 rings (SSSR count). The van der Waals surface area contributed by atoms with Crippen LogP contribution >= 0.6 is 28.1 Å². The van der Waals surface area contributed by atoms with Gasteiger partial charge in [-0.15, -0.1) is 0 Å². The summed E-state index contributed by atoms with van der Waals surface area (Å²) in [6.07, 6.45) is 0. The summed E-state index contributed by atoms with van der Waals surface area (Å²) < 4.78 is 6.50. The summed E-state index contributed by atoms with van der Waals surface area (Å²) in [5.41, 5.74) is 8.97. The summed E-state index contributed by atoms with van der Waals surface area (Å²) in [5, 5.41) is 3.13. The minimum Gasteiger partial charge on any atom is -0.463 e. The minimum atomic E-state index is -0.400. The van der Waals surface area contributed by atoms with E-state index in [4.69, 9.17) is 22.7 Å². The molecule has 0 saturated carbocycles. The van der Waals surface area contributed by atoms with Gasteiger partial charge in [0.2, 0.25) is 0 Å². The van der Waals surface area contributed by atoms with E-state index in [2.05, 4.69) is 31.2 Å². The third-order valence-electron chi connectivity index (χ3n) is 3.99. The molecule has 1 aromatic carbocycles. The Labute approximate surface area is 158 Å². The van der Waals surface area contributed by atoms with Crippen LogP contribution in [0.3, 0.4) is 0 Å². The fourth-order valence-electron chi connectivity index (χ4n) is 2.96. The maximum Gasteiger partial charge on any atom is 0.336 e. The first-order valence-corrected chi connectivity index (χ1v) is 8.92. The molecule has 1 atom stereocenters. The van der Waals surface area contributed by atoms with Gasteiger partial charge < -0.3 is 20.8 Å². The SMILES string of the molecule is CCOC(=O)C1=C(C)Nc2nc(=S)[nH]c(N)c2C1c1ccc(Br)cc1. The maximum absolute atomic E-state index is 12.6. The number of nitrogens with two attached hydrogens (primary N) is 1. The van der Waals surface area contributed by atoms with E-state index in [-0.39, 0.29) is 10.7 Å². The number of hydrogen-bond donors (Lipinski definition) is 3. The van der Waals surface area contributed by atoms with E-state index in [1.807, 2.05) is 31.2 Å². The van der Waals surface area contributed by atoms with Gasteiger partial charge in [-0.1, -0.05) is 28.1 Å². The molecule has 6 nitrogen and oxygen atoms in total. The summed E-state index contributed by atoms with van der Waals surface area (Å²) in [6, 6.07) is 7.72. The number of aromatic nitrogens is 2. The van der Waals surface area contributed by atoms with Gasteiger partial charge in [0.25, 0.3) is 0 Å². The molecule has 0 amide bonds. The Morgan fingerprint density at radius 1 is 1.40 bits per heavy atom. The molecule has 0 spiro atoms. The molecule has 0 fully saturated rings. The molecule has 1 unspecified atom stereocenters. The number of carbonyl (C=O) groups excluding carboxylic acids is 1. The van der Waals surface area contributed by atoms with E-state index in [1.165, 1.54) is 0 Å². The first-order valence-electron chi connectivity index (χ1n) is 7.72. The third-order valence-corrected chi connectivity index (χ3v) is 4.71. The van der Waals surface area contributed by atoms with Crippen LogP contribution in [0.25, 0.3) is 0 Å². The van der Waals surface area contributed by atoms with Gasteiger partial charge in [-0.05, 0) is 43.8 Å². The highest BCUT2D eigenvalue weighted by Gasteiger charge is 2.35. The van der Waals surface area contributed by atoms with Gasteiger partial charge in [0.1, 0.15) is 11.6 Å². The number of carbonyl (C=O) groups is 1. The van der Waals surface area contributed by atoms with Crippen LogP contribution in [0.2, 0.25) is 0 Å². The lowest BCUT2D eigenvalue weighted by molar-refractivity contribution is -0.138. The third kappa shape index (κ3) is 3.32. The van der Waals surface area contributed by atoms with Gasteiger partial charge in [-0.2, -0.15) is 0 Å². The van der Waals surface area contributed by atoms with Crippen LogP contribution < -0.4 is 11.1 Å². The molecule has 0 bridgehead atoms. The van der Waals surface area contributed by atoms with Crippen molar-refractivity contribution in [2.75, 3.05) is 17.7 Å². The van der Waals surface area contributed by atoms with Gasteiger partial charge in [-0.3, -0.25) is 0 Å². The van der Waals surface area contributed by atoms with Crippen molar-refractivity contribution in [2.24, 2.45) is 0 Å². The van der Waals surface area contributed by atoms with Crippen molar-refractivity contribution in [3.8, 4) is 0 Å². The van der Waals surface area contributed by atoms with Gasteiger partial charge in [0.05, 0.1) is 18.1 Å². The summed E-state index contributed by atoms with van der Waals surface area (Å²) in [4.78, 5) is 19.8. The van der Waals surface area contributed by atoms with Crippen molar-refractivity contribution >= 4 is 45.8 Å². The average molecular weight is 421 g/mol. The molecule has 1 aliphatic heterocycles. The van der Waals surface area contributed by atoms with Crippen LogP contribution in [0.1, 0.15) is 30.9 Å². The maximum atomic E-state index is 12.6. The van der Waals surface area contributed by atoms with Crippen molar-refractivity contribution in [1.29, 1.82) is 0 Å². The largest absolute Gasteiger partial charge is 0.463 e. The monoisotopic (exact) mass is 420 g/mol. The highest BCUT2D eigenvalue weighted by atomic mass is 79.9. The molecule has 4 N–H and O–H groups in total. The van der Waals surface area contributed by atoms with E-state index in [9.17, 15) is 4.79 Å². The summed E-state index contributed by atoms with van der Waals surface area (Å²) in [5.74, 6) is 0.153. The van der Waals surface area contributed by atoms with Crippen LogP contribution in [0, 0.1) is 4.77 Å². The highest BCUT2D eigenvalue weighted by Crippen LogP contribution is 2.43. The van der Waals surface area contributed by atoms with Gasteiger partial charge in [-0.25, -0.2) is 9.78 Å². The highest BCUT2D eigenvalue weighted by molar-refractivity contribution is 9.10. The van der Waals surface area contributed by atoms with Gasteiger partial charge >= 0.3 is 5.97 Å². The smallest absolute Gasteiger partial charge is 0.336 e. The van der Waals surface area contributed by atoms with Crippen LogP contribution in [0.5, 0.6) is 0 Å². The zero-order valence-corrected chi connectivity index (χ0v) is 16.1. The van der Waals surface area contributed by atoms with Crippen molar-refractivity contribution in [3.63, 3.8) is 0 Å². The zero-order chi connectivity index (χ0) is 18.1. The van der Waals surface area contributed by atoms with Crippen LogP contribution in [-0.2, 0) is 9.53 Å². The first kappa shape index (κ1) is 17.6. The number of ether oxygens (including phenoxy) is 1. The van der Waals surface area contributed by atoms with E-state index < -0.39 is 5.92 Å². The number of nitrogen functional groups attached to an aromatic ring is 1. The molecule has 2 aromatic rings. The number of esters is 1. The lowest BCUT2D eigenvalue weighted by Crippen LogP contribution is -2.26. The number of allylic oxidation sites excluding steroid dienone is 1. The van der Waals surface area contributed by atoms with Crippen molar-refractivity contribution in [1.82, 2.24) is 9.97 Å². The molecule has 8 heteroatoms. The molecule has 0 aliphatic carbocycles. The number of nitrogens with zero attached hydrogens (tertiary/aromatic N) is 1. The number of halogens is 1. The van der Waals surface area contributed by atoms with Crippen molar-refractivity contribution in [3.05, 3.63) is 55.9 Å². The number of rotatable bonds is 3. The Hall–Kier alpha value is -2.19. The molecular formula is C17H17BrN4O2S. The molecule has 25 heavy (non-hydrogen) atoms.